The Morgan fingerprint density at radius 3 is 2.80 bits per heavy atom. The number of hydrogen-bond acceptors (Lipinski definition) is 3. The number of carbonyl (C=O) groups is 1. The summed E-state index contributed by atoms with van der Waals surface area (Å²) in [7, 11) is 0. The number of aromatic nitrogens is 2. The highest BCUT2D eigenvalue weighted by molar-refractivity contribution is 6.33. The zero-order chi connectivity index (χ0) is 11.2. The van der Waals surface area contributed by atoms with Gasteiger partial charge in [0.2, 0.25) is 0 Å². The molecule has 0 aliphatic carbocycles. The third-order valence-corrected chi connectivity index (χ3v) is 2.41. The first-order chi connectivity index (χ1) is 7.00. The van der Waals surface area contributed by atoms with Gasteiger partial charge in [0.05, 0.1) is 5.02 Å². The van der Waals surface area contributed by atoms with E-state index in [0.29, 0.717) is 0 Å². The molecule has 3 N–H and O–H groups in total. The van der Waals surface area contributed by atoms with Gasteiger partial charge in [-0.25, -0.2) is 9.78 Å². The number of anilines is 1. The quantitative estimate of drug-likeness (QED) is 0.805. The zero-order valence-corrected chi connectivity index (χ0v) is 8.75. The molecule has 0 aliphatic rings. The molecule has 7 heteroatoms. The summed E-state index contributed by atoms with van der Waals surface area (Å²) in [5.74, 6) is -0.930. The standard InChI is InChI=1S/C8H5Cl2N3O2/c9-4-1-3(8(14)15)7-12-5(10)2-13(7)6(4)11/h1-2H,11H2,(H,14,15). The topological polar surface area (TPSA) is 80.6 Å². The summed E-state index contributed by atoms with van der Waals surface area (Å²) in [6.07, 6.45) is 1.41. The van der Waals surface area contributed by atoms with Crippen molar-refractivity contribution in [2.45, 2.75) is 0 Å². The van der Waals surface area contributed by atoms with Crippen molar-refractivity contribution in [1.29, 1.82) is 0 Å². The smallest absolute Gasteiger partial charge is 0.339 e. The number of carboxylic acid groups (broad SMARTS) is 1. The minimum absolute atomic E-state index is 0.0406. The second-order valence-electron chi connectivity index (χ2n) is 2.85. The van der Waals surface area contributed by atoms with Gasteiger partial charge < -0.3 is 10.8 Å². The van der Waals surface area contributed by atoms with E-state index in [0.717, 1.165) is 0 Å². The Kier molecular flexibility index (Phi) is 2.21. The first-order valence-corrected chi connectivity index (χ1v) is 4.62. The van der Waals surface area contributed by atoms with Crippen LogP contribution in [0, 0.1) is 0 Å². The molecule has 0 aromatic carbocycles. The summed E-state index contributed by atoms with van der Waals surface area (Å²) in [6.45, 7) is 0. The molecule has 15 heavy (non-hydrogen) atoms. The number of fused-ring (bicyclic) bond motifs is 1. The van der Waals surface area contributed by atoms with Crippen LogP contribution >= 0.6 is 23.2 Å². The largest absolute Gasteiger partial charge is 0.478 e. The van der Waals surface area contributed by atoms with E-state index in [4.69, 9.17) is 34.0 Å². The molecule has 0 aliphatic heterocycles. The van der Waals surface area contributed by atoms with Crippen molar-refractivity contribution in [2.24, 2.45) is 0 Å². The molecule has 0 bridgehead atoms. The lowest BCUT2D eigenvalue weighted by molar-refractivity contribution is 0.0698. The molecule has 0 unspecified atom stereocenters. The Morgan fingerprint density at radius 2 is 2.20 bits per heavy atom. The van der Waals surface area contributed by atoms with Crippen LogP contribution in [0.4, 0.5) is 5.82 Å². The lowest BCUT2D eigenvalue weighted by atomic mass is 10.2. The Balaban J connectivity index is 2.93. The van der Waals surface area contributed by atoms with E-state index in [1.54, 1.807) is 0 Å². The Hall–Kier alpha value is -1.46. The maximum atomic E-state index is 10.9. The van der Waals surface area contributed by atoms with Gasteiger partial charge in [-0.3, -0.25) is 4.40 Å². The maximum Gasteiger partial charge on any atom is 0.339 e. The number of halogens is 2. The van der Waals surface area contributed by atoms with Crippen LogP contribution in [0.2, 0.25) is 10.2 Å². The van der Waals surface area contributed by atoms with Crippen molar-refractivity contribution in [2.75, 3.05) is 5.73 Å². The first-order valence-electron chi connectivity index (χ1n) is 3.86. The van der Waals surface area contributed by atoms with E-state index < -0.39 is 5.97 Å². The fraction of sp³-hybridized carbons (Fsp3) is 0. The number of nitrogens with two attached hydrogens (primary N) is 1. The zero-order valence-electron chi connectivity index (χ0n) is 7.24. The fourth-order valence-electron chi connectivity index (χ4n) is 1.26. The van der Waals surface area contributed by atoms with Gasteiger partial charge in [0, 0.05) is 6.20 Å². The van der Waals surface area contributed by atoms with Crippen LogP contribution in [0.25, 0.3) is 5.65 Å². The van der Waals surface area contributed by atoms with Crippen LogP contribution in [0.5, 0.6) is 0 Å². The molecule has 0 spiro atoms. The summed E-state index contributed by atoms with van der Waals surface area (Å²) in [5.41, 5.74) is 5.77. The van der Waals surface area contributed by atoms with Gasteiger partial charge in [-0.1, -0.05) is 23.2 Å². The van der Waals surface area contributed by atoms with Crippen LogP contribution in [0.1, 0.15) is 10.4 Å². The number of rotatable bonds is 1. The summed E-state index contributed by atoms with van der Waals surface area (Å²) >= 11 is 11.4. The van der Waals surface area contributed by atoms with E-state index in [-0.39, 0.29) is 27.2 Å². The van der Waals surface area contributed by atoms with Crippen molar-refractivity contribution in [3.05, 3.63) is 28.0 Å². The molecule has 5 nitrogen and oxygen atoms in total. The molecule has 2 aromatic heterocycles. The van der Waals surface area contributed by atoms with Crippen LogP contribution in [-0.4, -0.2) is 20.5 Å². The lowest BCUT2D eigenvalue weighted by Gasteiger charge is -2.04. The minimum Gasteiger partial charge on any atom is -0.478 e. The number of carboxylic acids is 1. The van der Waals surface area contributed by atoms with Crippen molar-refractivity contribution in [3.63, 3.8) is 0 Å². The summed E-state index contributed by atoms with van der Waals surface area (Å²) in [6, 6.07) is 1.25. The first kappa shape index (κ1) is 10.1. The third-order valence-electron chi connectivity index (χ3n) is 1.92. The van der Waals surface area contributed by atoms with E-state index in [2.05, 4.69) is 4.98 Å². The van der Waals surface area contributed by atoms with Gasteiger partial charge in [-0.05, 0) is 6.07 Å². The van der Waals surface area contributed by atoms with Gasteiger partial charge in [0.15, 0.2) is 5.65 Å². The van der Waals surface area contributed by atoms with Crippen molar-refractivity contribution >= 4 is 40.6 Å². The predicted octanol–water partition coefficient (Wildman–Crippen LogP) is 1.92. The van der Waals surface area contributed by atoms with Crippen molar-refractivity contribution < 1.29 is 9.90 Å². The van der Waals surface area contributed by atoms with E-state index in [1.807, 2.05) is 0 Å². The lowest BCUT2D eigenvalue weighted by Crippen LogP contribution is -2.04. The molecule has 0 amide bonds. The number of nitrogen functional groups attached to an aromatic ring is 1. The highest BCUT2D eigenvalue weighted by Crippen LogP contribution is 2.25. The highest BCUT2D eigenvalue weighted by Gasteiger charge is 2.16. The Morgan fingerprint density at radius 1 is 1.53 bits per heavy atom. The Bertz CT molecular complexity index is 565. The summed E-state index contributed by atoms with van der Waals surface area (Å²) in [5, 5.41) is 9.22. The Labute approximate surface area is 94.0 Å². The van der Waals surface area contributed by atoms with E-state index in [1.165, 1.54) is 16.7 Å². The van der Waals surface area contributed by atoms with Gasteiger partial charge in [0.25, 0.3) is 0 Å². The van der Waals surface area contributed by atoms with Gasteiger partial charge in [-0.15, -0.1) is 0 Å². The molecule has 2 heterocycles. The average molecular weight is 246 g/mol. The molecule has 2 aromatic rings. The number of imidazole rings is 1. The van der Waals surface area contributed by atoms with Crippen LogP contribution in [0.15, 0.2) is 12.3 Å². The molecule has 78 valence electrons. The number of nitrogens with zero attached hydrogens (tertiary/aromatic N) is 2. The molecular weight excluding hydrogens is 241 g/mol. The number of pyridine rings is 1. The highest BCUT2D eigenvalue weighted by atomic mass is 35.5. The maximum absolute atomic E-state index is 10.9. The summed E-state index contributed by atoms with van der Waals surface area (Å²) in [4.78, 5) is 14.7. The van der Waals surface area contributed by atoms with Crippen LogP contribution in [0.3, 0.4) is 0 Å². The van der Waals surface area contributed by atoms with Gasteiger partial charge >= 0.3 is 5.97 Å². The monoisotopic (exact) mass is 245 g/mol. The SMILES string of the molecule is Nc1c(Cl)cc(C(=O)O)c2nc(Cl)cn12. The number of aromatic carboxylic acids is 1. The van der Waals surface area contributed by atoms with E-state index >= 15 is 0 Å². The number of hydrogen-bond donors (Lipinski definition) is 2. The second kappa shape index (κ2) is 3.29. The van der Waals surface area contributed by atoms with E-state index in [9.17, 15) is 4.79 Å². The molecule has 0 fully saturated rings. The minimum atomic E-state index is -1.14. The molecule has 0 saturated carbocycles. The summed E-state index contributed by atoms with van der Waals surface area (Å²) < 4.78 is 1.34. The average Bonchev–Trinajstić information content (AvgIpc) is 2.53. The molecular formula is C8H5Cl2N3O2. The third kappa shape index (κ3) is 1.49. The molecule has 0 atom stereocenters. The second-order valence-corrected chi connectivity index (χ2v) is 3.65. The van der Waals surface area contributed by atoms with Gasteiger partial charge in [-0.2, -0.15) is 0 Å². The van der Waals surface area contributed by atoms with Crippen molar-refractivity contribution in [1.82, 2.24) is 9.38 Å². The molecule has 0 radical (unpaired) electrons. The normalized spacial score (nSPS) is 10.8. The predicted molar refractivity (Wildman–Crippen MR) is 56.6 cm³/mol. The fourth-order valence-corrected chi connectivity index (χ4v) is 1.64. The molecule has 0 saturated heterocycles. The van der Waals surface area contributed by atoms with Gasteiger partial charge in [0.1, 0.15) is 16.5 Å². The van der Waals surface area contributed by atoms with Crippen LogP contribution < -0.4 is 5.73 Å². The van der Waals surface area contributed by atoms with Crippen molar-refractivity contribution in [3.8, 4) is 0 Å². The van der Waals surface area contributed by atoms with Crippen LogP contribution in [-0.2, 0) is 0 Å². The molecule has 2 rings (SSSR count).